The van der Waals surface area contributed by atoms with E-state index in [2.05, 4.69) is 11.4 Å². The van der Waals surface area contributed by atoms with Crippen LogP contribution in [0.1, 0.15) is 0 Å². The Bertz CT molecular complexity index is 579. The summed E-state index contributed by atoms with van der Waals surface area (Å²) in [5.41, 5.74) is 0. The van der Waals surface area contributed by atoms with Gasteiger partial charge in [0.1, 0.15) is 0 Å². The minimum absolute atomic E-state index is 0.723. The molecular formula is C8H4BO2S3. The van der Waals surface area contributed by atoms with Crippen LogP contribution in [0, 0.1) is 0 Å². The van der Waals surface area contributed by atoms with Gasteiger partial charge in [-0.15, -0.1) is 22.7 Å². The maximum Gasteiger partial charge on any atom is 0.569 e. The first kappa shape index (κ1) is 8.73. The van der Waals surface area contributed by atoms with Gasteiger partial charge in [-0.25, -0.2) is 0 Å². The predicted octanol–water partition coefficient (Wildman–Crippen LogP) is 3.08. The highest BCUT2D eigenvalue weighted by Crippen LogP contribution is 2.44. The number of fused-ring (bicyclic) bond motifs is 3. The zero-order chi connectivity index (χ0) is 9.54. The maximum absolute atomic E-state index is 8.52. The monoisotopic (exact) mass is 239 g/mol. The summed E-state index contributed by atoms with van der Waals surface area (Å²) in [4.78, 5) is 0. The number of hydrogen-bond acceptors (Lipinski definition) is 5. The summed E-state index contributed by atoms with van der Waals surface area (Å²) in [6.45, 7) is 0. The fourth-order valence-electron chi connectivity index (χ4n) is 1.36. The molecule has 6 heteroatoms. The van der Waals surface area contributed by atoms with Crippen molar-refractivity contribution in [2.24, 2.45) is 0 Å². The molecule has 0 aliphatic heterocycles. The summed E-state index contributed by atoms with van der Waals surface area (Å²) >= 11 is 5.08. The molecule has 0 amide bonds. The van der Waals surface area contributed by atoms with Crippen molar-refractivity contribution in [3.05, 3.63) is 17.5 Å². The van der Waals surface area contributed by atoms with Crippen molar-refractivity contribution in [2.45, 2.75) is 0 Å². The highest BCUT2D eigenvalue weighted by molar-refractivity contribution is 7.38. The predicted molar refractivity (Wildman–Crippen MR) is 63.7 cm³/mol. The van der Waals surface area contributed by atoms with Crippen LogP contribution in [-0.4, -0.2) is 12.7 Å². The lowest BCUT2D eigenvalue weighted by Gasteiger charge is -1.91. The van der Waals surface area contributed by atoms with Crippen LogP contribution in [-0.2, 0) is 0 Å². The molecule has 2 nitrogen and oxygen atoms in total. The number of thiophene rings is 3. The van der Waals surface area contributed by atoms with Crippen LogP contribution in [0.4, 0.5) is 0 Å². The SMILES string of the molecule is O[B]Oc1cc2sc3ccsc3c2s1. The normalized spacial score (nSPS) is 11.2. The Hall–Kier alpha value is -0.555. The van der Waals surface area contributed by atoms with Gasteiger partial charge in [0.05, 0.1) is 14.1 Å². The van der Waals surface area contributed by atoms with Crippen LogP contribution in [0.3, 0.4) is 0 Å². The molecular weight excluding hydrogens is 235 g/mol. The maximum atomic E-state index is 8.52. The molecule has 69 valence electrons. The average molecular weight is 239 g/mol. The standard InChI is InChI=1S/C8H4BO2S3/c10-9-11-6-3-5-8(14-6)7-4(13-5)1-2-12-7/h1-3,10H. The van der Waals surface area contributed by atoms with Gasteiger partial charge in [-0.1, -0.05) is 11.3 Å². The molecule has 3 aromatic heterocycles. The van der Waals surface area contributed by atoms with Gasteiger partial charge >= 0.3 is 7.69 Å². The third-order valence-electron chi connectivity index (χ3n) is 1.90. The van der Waals surface area contributed by atoms with E-state index < -0.39 is 0 Å². The van der Waals surface area contributed by atoms with Crippen LogP contribution in [0.2, 0.25) is 0 Å². The molecule has 3 aromatic rings. The van der Waals surface area contributed by atoms with Crippen LogP contribution >= 0.6 is 34.0 Å². The van der Waals surface area contributed by atoms with Gasteiger partial charge in [0, 0.05) is 10.8 Å². The molecule has 0 bridgehead atoms. The molecule has 0 saturated carbocycles. The van der Waals surface area contributed by atoms with Gasteiger partial charge in [0.2, 0.25) is 0 Å². The summed E-state index contributed by atoms with van der Waals surface area (Å²) in [6, 6.07) is 4.10. The van der Waals surface area contributed by atoms with E-state index in [1.54, 1.807) is 34.0 Å². The van der Waals surface area contributed by atoms with Gasteiger partial charge in [-0.3, -0.25) is 0 Å². The number of hydrogen-bond donors (Lipinski definition) is 1. The minimum atomic E-state index is 0.723. The molecule has 1 N–H and O–H groups in total. The molecule has 0 fully saturated rings. The second-order valence-electron chi connectivity index (χ2n) is 2.70. The molecule has 0 aliphatic rings. The third-order valence-corrected chi connectivity index (χ3v) is 5.36. The first-order chi connectivity index (χ1) is 6.88. The Morgan fingerprint density at radius 1 is 1.21 bits per heavy atom. The molecule has 14 heavy (non-hydrogen) atoms. The first-order valence-electron chi connectivity index (χ1n) is 3.90. The Labute approximate surface area is 92.7 Å². The molecule has 0 unspecified atom stereocenters. The smallest absolute Gasteiger partial charge is 0.530 e. The second-order valence-corrected chi connectivity index (χ2v) is 5.71. The van der Waals surface area contributed by atoms with E-state index in [-0.39, 0.29) is 0 Å². The summed E-state index contributed by atoms with van der Waals surface area (Å²) in [7, 11) is 0.723. The fraction of sp³-hybridized carbons (Fsp3) is 0. The van der Waals surface area contributed by atoms with Gasteiger partial charge in [0.15, 0.2) is 5.06 Å². The first-order valence-corrected chi connectivity index (χ1v) is 6.42. The van der Waals surface area contributed by atoms with E-state index in [4.69, 9.17) is 9.68 Å². The van der Waals surface area contributed by atoms with E-state index in [0.717, 1.165) is 12.7 Å². The van der Waals surface area contributed by atoms with Crippen molar-refractivity contribution in [1.82, 2.24) is 0 Å². The minimum Gasteiger partial charge on any atom is -0.530 e. The van der Waals surface area contributed by atoms with Crippen molar-refractivity contribution < 1.29 is 9.68 Å². The summed E-state index contributed by atoms with van der Waals surface area (Å²) in [6.07, 6.45) is 0. The van der Waals surface area contributed by atoms with Crippen LogP contribution in [0.15, 0.2) is 17.5 Å². The Balaban J connectivity index is 2.27. The molecule has 0 spiro atoms. The van der Waals surface area contributed by atoms with E-state index in [9.17, 15) is 0 Å². The molecule has 0 aromatic carbocycles. The fourth-order valence-corrected chi connectivity index (χ4v) is 4.94. The second kappa shape index (κ2) is 3.24. The summed E-state index contributed by atoms with van der Waals surface area (Å²) in [5.74, 6) is 0. The molecule has 0 saturated heterocycles. The van der Waals surface area contributed by atoms with Crippen LogP contribution in [0.25, 0.3) is 18.8 Å². The highest BCUT2D eigenvalue weighted by atomic mass is 32.1. The van der Waals surface area contributed by atoms with Crippen molar-refractivity contribution in [2.75, 3.05) is 0 Å². The topological polar surface area (TPSA) is 29.5 Å². The summed E-state index contributed by atoms with van der Waals surface area (Å²) in [5, 5.41) is 11.4. The Morgan fingerprint density at radius 3 is 3.00 bits per heavy atom. The van der Waals surface area contributed by atoms with Gasteiger partial charge in [-0.05, 0) is 11.4 Å². The lowest BCUT2D eigenvalue weighted by molar-refractivity contribution is 0.461. The van der Waals surface area contributed by atoms with Gasteiger partial charge in [0.25, 0.3) is 0 Å². The lowest BCUT2D eigenvalue weighted by atomic mass is 10.4. The summed E-state index contributed by atoms with van der Waals surface area (Å²) < 4.78 is 10.1. The van der Waals surface area contributed by atoms with Crippen molar-refractivity contribution in [1.29, 1.82) is 0 Å². The van der Waals surface area contributed by atoms with E-state index in [1.807, 2.05) is 6.07 Å². The quantitative estimate of drug-likeness (QED) is 0.696. The van der Waals surface area contributed by atoms with Crippen molar-refractivity contribution in [3.8, 4) is 5.06 Å². The molecule has 0 aliphatic carbocycles. The highest BCUT2D eigenvalue weighted by Gasteiger charge is 2.10. The third kappa shape index (κ3) is 1.19. The molecule has 1 radical (unpaired) electrons. The van der Waals surface area contributed by atoms with Crippen molar-refractivity contribution >= 4 is 60.5 Å². The van der Waals surface area contributed by atoms with E-state index in [1.165, 1.54) is 18.8 Å². The molecule has 3 rings (SSSR count). The van der Waals surface area contributed by atoms with Crippen molar-refractivity contribution in [3.63, 3.8) is 0 Å². The number of rotatable bonds is 2. The average Bonchev–Trinajstić information content (AvgIpc) is 2.75. The Kier molecular flexibility index (Phi) is 2.02. The molecule has 0 atom stereocenters. The zero-order valence-electron chi connectivity index (χ0n) is 6.89. The lowest BCUT2D eigenvalue weighted by Crippen LogP contribution is -1.97. The largest absolute Gasteiger partial charge is 0.569 e. The zero-order valence-corrected chi connectivity index (χ0v) is 9.34. The van der Waals surface area contributed by atoms with Crippen LogP contribution in [0.5, 0.6) is 5.06 Å². The van der Waals surface area contributed by atoms with Gasteiger partial charge in [-0.2, -0.15) is 0 Å². The van der Waals surface area contributed by atoms with Gasteiger partial charge < -0.3 is 9.68 Å². The van der Waals surface area contributed by atoms with E-state index in [0.29, 0.717) is 0 Å². The van der Waals surface area contributed by atoms with Crippen LogP contribution < -0.4 is 4.65 Å². The van der Waals surface area contributed by atoms with E-state index >= 15 is 0 Å². The Morgan fingerprint density at radius 2 is 2.14 bits per heavy atom. The molecule has 3 heterocycles.